The topological polar surface area (TPSA) is 31.4 Å². The van der Waals surface area contributed by atoms with Crippen molar-refractivity contribution in [3.63, 3.8) is 0 Å². The third-order valence-electron chi connectivity index (χ3n) is 3.40. The van der Waals surface area contributed by atoms with E-state index in [4.69, 9.17) is 9.47 Å². The van der Waals surface area contributed by atoms with Gasteiger partial charge in [0.1, 0.15) is 0 Å². The highest BCUT2D eigenvalue weighted by Gasteiger charge is 2.48. The van der Waals surface area contributed by atoms with Gasteiger partial charge in [-0.15, -0.1) is 0 Å². The second-order valence-electron chi connectivity index (χ2n) is 5.27. The quantitative estimate of drug-likeness (QED) is 0.786. The lowest BCUT2D eigenvalue weighted by Gasteiger charge is -2.30. The standard InChI is InChI=1S/C14H19NO2/c1-13(2)14(3,4)17-12(16-13)8-7-11-6-5-9-15-10-11/h5-10,12H,1-4H3/b8-7+. The molecule has 1 fully saturated rings. The summed E-state index contributed by atoms with van der Waals surface area (Å²) in [6.07, 6.45) is 7.16. The van der Waals surface area contributed by atoms with E-state index in [2.05, 4.69) is 4.98 Å². The largest absolute Gasteiger partial charge is 0.340 e. The maximum Gasteiger partial charge on any atom is 0.178 e. The van der Waals surface area contributed by atoms with E-state index in [9.17, 15) is 0 Å². The summed E-state index contributed by atoms with van der Waals surface area (Å²) >= 11 is 0. The Morgan fingerprint density at radius 1 is 1.18 bits per heavy atom. The van der Waals surface area contributed by atoms with Gasteiger partial charge in [0.05, 0.1) is 11.2 Å². The number of aromatic nitrogens is 1. The van der Waals surface area contributed by atoms with Crippen molar-refractivity contribution in [3.05, 3.63) is 36.2 Å². The fourth-order valence-electron chi connectivity index (χ4n) is 1.63. The highest BCUT2D eigenvalue weighted by atomic mass is 16.7. The molecule has 1 aromatic heterocycles. The van der Waals surface area contributed by atoms with Crippen LogP contribution in [0, 0.1) is 0 Å². The van der Waals surface area contributed by atoms with Crippen LogP contribution in [0.2, 0.25) is 0 Å². The van der Waals surface area contributed by atoms with Crippen molar-refractivity contribution in [1.82, 2.24) is 4.98 Å². The molecule has 2 heterocycles. The van der Waals surface area contributed by atoms with E-state index in [0.717, 1.165) is 5.56 Å². The van der Waals surface area contributed by atoms with Crippen LogP contribution in [0.15, 0.2) is 30.6 Å². The van der Waals surface area contributed by atoms with Crippen molar-refractivity contribution in [3.8, 4) is 0 Å². The summed E-state index contributed by atoms with van der Waals surface area (Å²) in [5, 5.41) is 0. The average Bonchev–Trinajstić information content (AvgIpc) is 2.46. The lowest BCUT2D eigenvalue weighted by Crippen LogP contribution is -2.41. The number of rotatable bonds is 2. The van der Waals surface area contributed by atoms with E-state index < -0.39 is 0 Å². The maximum absolute atomic E-state index is 5.86. The Labute approximate surface area is 102 Å². The molecule has 0 amide bonds. The van der Waals surface area contributed by atoms with E-state index in [1.165, 1.54) is 0 Å². The molecular formula is C14H19NO2. The summed E-state index contributed by atoms with van der Waals surface area (Å²) < 4.78 is 11.7. The first-order valence-corrected chi connectivity index (χ1v) is 5.85. The summed E-state index contributed by atoms with van der Waals surface area (Å²) in [6.45, 7) is 8.19. The Hall–Kier alpha value is -1.19. The molecule has 92 valence electrons. The molecule has 0 N–H and O–H groups in total. The molecule has 0 unspecified atom stereocenters. The molecule has 0 aliphatic carbocycles. The molecule has 1 aliphatic rings. The Morgan fingerprint density at radius 2 is 1.82 bits per heavy atom. The van der Waals surface area contributed by atoms with Crippen LogP contribution in [0.25, 0.3) is 6.08 Å². The molecule has 1 saturated heterocycles. The van der Waals surface area contributed by atoms with Crippen LogP contribution in [0.3, 0.4) is 0 Å². The van der Waals surface area contributed by atoms with Crippen LogP contribution in [-0.2, 0) is 9.47 Å². The fourth-order valence-corrected chi connectivity index (χ4v) is 1.63. The summed E-state index contributed by atoms with van der Waals surface area (Å²) in [7, 11) is 0. The van der Waals surface area contributed by atoms with Crippen molar-refractivity contribution in [2.45, 2.75) is 45.2 Å². The van der Waals surface area contributed by atoms with Crippen molar-refractivity contribution < 1.29 is 9.47 Å². The molecule has 0 bridgehead atoms. The third-order valence-corrected chi connectivity index (χ3v) is 3.40. The van der Waals surface area contributed by atoms with Gasteiger partial charge >= 0.3 is 0 Å². The fraction of sp³-hybridized carbons (Fsp3) is 0.500. The highest BCUT2D eigenvalue weighted by molar-refractivity contribution is 5.47. The van der Waals surface area contributed by atoms with Gasteiger partial charge in [0.15, 0.2) is 6.29 Å². The minimum atomic E-state index is -0.291. The van der Waals surface area contributed by atoms with Gasteiger partial charge in [-0.3, -0.25) is 4.98 Å². The van der Waals surface area contributed by atoms with E-state index >= 15 is 0 Å². The number of hydrogen-bond donors (Lipinski definition) is 0. The number of nitrogens with zero attached hydrogens (tertiary/aromatic N) is 1. The monoisotopic (exact) mass is 233 g/mol. The normalized spacial score (nSPS) is 23.3. The van der Waals surface area contributed by atoms with Gasteiger partial charge in [-0.05, 0) is 45.4 Å². The number of ether oxygens (including phenoxy) is 2. The van der Waals surface area contributed by atoms with E-state index in [0.29, 0.717) is 0 Å². The van der Waals surface area contributed by atoms with E-state index in [1.54, 1.807) is 6.20 Å². The zero-order chi connectivity index (χ0) is 12.5. The predicted molar refractivity (Wildman–Crippen MR) is 67.4 cm³/mol. The van der Waals surface area contributed by atoms with Gasteiger partial charge < -0.3 is 9.47 Å². The summed E-state index contributed by atoms with van der Waals surface area (Å²) in [6, 6.07) is 3.90. The van der Waals surface area contributed by atoms with Crippen LogP contribution in [0.1, 0.15) is 33.3 Å². The molecule has 0 radical (unpaired) electrons. The molecule has 0 atom stereocenters. The van der Waals surface area contributed by atoms with Gasteiger partial charge in [-0.1, -0.05) is 12.1 Å². The first-order valence-electron chi connectivity index (χ1n) is 5.85. The summed E-state index contributed by atoms with van der Waals surface area (Å²) in [5.41, 5.74) is 0.482. The summed E-state index contributed by atoms with van der Waals surface area (Å²) in [4.78, 5) is 4.05. The summed E-state index contributed by atoms with van der Waals surface area (Å²) in [5.74, 6) is 0. The predicted octanol–water partition coefficient (Wildman–Crippen LogP) is 3.02. The van der Waals surface area contributed by atoms with Gasteiger partial charge in [-0.2, -0.15) is 0 Å². The first kappa shape index (κ1) is 12.3. The Bertz CT molecular complexity index is 393. The molecular weight excluding hydrogens is 214 g/mol. The zero-order valence-corrected chi connectivity index (χ0v) is 10.8. The van der Waals surface area contributed by atoms with E-state index in [-0.39, 0.29) is 17.5 Å². The molecule has 1 aliphatic heterocycles. The van der Waals surface area contributed by atoms with Crippen LogP contribution in [0.5, 0.6) is 0 Å². The molecule has 2 rings (SSSR count). The van der Waals surface area contributed by atoms with Crippen LogP contribution >= 0.6 is 0 Å². The molecule has 0 spiro atoms. The van der Waals surface area contributed by atoms with Crippen molar-refractivity contribution >= 4 is 6.08 Å². The molecule has 3 nitrogen and oxygen atoms in total. The average molecular weight is 233 g/mol. The van der Waals surface area contributed by atoms with Gasteiger partial charge in [0.25, 0.3) is 0 Å². The van der Waals surface area contributed by atoms with Crippen LogP contribution in [-0.4, -0.2) is 22.5 Å². The number of hydrogen-bond acceptors (Lipinski definition) is 3. The molecule has 0 aromatic carbocycles. The molecule has 3 heteroatoms. The second kappa shape index (κ2) is 4.24. The molecule has 0 saturated carbocycles. The Balaban J connectivity index is 2.06. The van der Waals surface area contributed by atoms with Crippen LogP contribution < -0.4 is 0 Å². The van der Waals surface area contributed by atoms with Gasteiger partial charge in [-0.25, -0.2) is 0 Å². The van der Waals surface area contributed by atoms with Gasteiger partial charge in [0.2, 0.25) is 0 Å². The van der Waals surface area contributed by atoms with Crippen molar-refractivity contribution in [2.75, 3.05) is 0 Å². The molecule has 1 aromatic rings. The SMILES string of the molecule is CC1(C)OC(/C=C/c2cccnc2)OC1(C)C. The second-order valence-corrected chi connectivity index (χ2v) is 5.27. The zero-order valence-electron chi connectivity index (χ0n) is 10.8. The Kier molecular flexibility index (Phi) is 3.06. The minimum Gasteiger partial charge on any atom is -0.340 e. The first-order chi connectivity index (χ1) is 7.91. The van der Waals surface area contributed by atoms with Crippen molar-refractivity contribution in [2.24, 2.45) is 0 Å². The lowest BCUT2D eigenvalue weighted by atomic mass is 9.90. The minimum absolute atomic E-state index is 0.281. The van der Waals surface area contributed by atoms with Crippen molar-refractivity contribution in [1.29, 1.82) is 0 Å². The lowest BCUT2D eigenvalue weighted by molar-refractivity contribution is -0.0499. The smallest absolute Gasteiger partial charge is 0.178 e. The maximum atomic E-state index is 5.86. The third kappa shape index (κ3) is 2.56. The highest BCUT2D eigenvalue weighted by Crippen LogP contribution is 2.38. The molecule has 17 heavy (non-hydrogen) atoms. The van der Waals surface area contributed by atoms with E-state index in [1.807, 2.05) is 58.2 Å². The van der Waals surface area contributed by atoms with Crippen LogP contribution in [0.4, 0.5) is 0 Å². The van der Waals surface area contributed by atoms with Gasteiger partial charge in [0, 0.05) is 12.4 Å². The Morgan fingerprint density at radius 3 is 2.35 bits per heavy atom. The number of pyridine rings is 1.